The molecule has 17 heavy (non-hydrogen) atoms. The van der Waals surface area contributed by atoms with Gasteiger partial charge in [-0.05, 0) is 13.0 Å². The first-order valence-electron chi connectivity index (χ1n) is 5.10. The number of pyridine rings is 1. The lowest BCUT2D eigenvalue weighted by Gasteiger charge is -2.02. The summed E-state index contributed by atoms with van der Waals surface area (Å²) in [6.07, 6.45) is 1.39. The number of hydrogen-bond donors (Lipinski definition) is 3. The van der Waals surface area contributed by atoms with Gasteiger partial charge in [-0.2, -0.15) is 0 Å². The van der Waals surface area contributed by atoms with Crippen LogP contribution in [-0.4, -0.2) is 34.4 Å². The van der Waals surface area contributed by atoms with Crippen LogP contribution in [0.15, 0.2) is 22.9 Å². The van der Waals surface area contributed by atoms with Crippen LogP contribution < -0.4 is 10.8 Å². The van der Waals surface area contributed by atoms with Crippen molar-refractivity contribution in [2.45, 2.75) is 6.92 Å². The fourth-order valence-corrected chi connectivity index (χ4v) is 1.53. The Morgan fingerprint density at radius 3 is 2.65 bits per heavy atom. The summed E-state index contributed by atoms with van der Waals surface area (Å²) >= 11 is 0. The van der Waals surface area contributed by atoms with Crippen LogP contribution in [0.5, 0.6) is 0 Å². The summed E-state index contributed by atoms with van der Waals surface area (Å²) in [4.78, 5) is 4.10. The number of nitrogens with one attached hydrogen (secondary N) is 1. The fourth-order valence-electron chi connectivity index (χ4n) is 1.53. The second-order valence-corrected chi connectivity index (χ2v) is 3.57. The summed E-state index contributed by atoms with van der Waals surface area (Å²) in [6.45, 7) is 1.82. The van der Waals surface area contributed by atoms with Crippen LogP contribution >= 0.6 is 0 Å². The van der Waals surface area contributed by atoms with Crippen LogP contribution in [0, 0.1) is 6.92 Å². The molecular weight excluding hydrogens is 221 g/mol. The van der Waals surface area contributed by atoms with Gasteiger partial charge in [-0.25, -0.2) is 0 Å². The summed E-state index contributed by atoms with van der Waals surface area (Å²) in [7, 11) is 0.256. The maximum absolute atomic E-state index is 8.96. The van der Waals surface area contributed by atoms with Crippen molar-refractivity contribution in [1.29, 1.82) is 0 Å². The Morgan fingerprint density at radius 2 is 2.12 bits per heavy atom. The van der Waals surface area contributed by atoms with E-state index in [1.807, 2.05) is 6.92 Å². The molecule has 0 bridgehead atoms. The van der Waals surface area contributed by atoms with Crippen LogP contribution in [0.2, 0.25) is 0 Å². The quantitative estimate of drug-likeness (QED) is 0.634. The zero-order valence-corrected chi connectivity index (χ0v) is 9.51. The second kappa shape index (κ2) is 4.56. The summed E-state index contributed by atoms with van der Waals surface area (Å²) in [6, 6.07) is 3.22. The first-order valence-corrected chi connectivity index (χ1v) is 5.10. The fraction of sp³-hybridized carbons (Fsp3) is 0.200. The van der Waals surface area contributed by atoms with Crippen LogP contribution in [-0.2, 0) is 0 Å². The lowest BCUT2D eigenvalue weighted by Crippen LogP contribution is -2.29. The van der Waals surface area contributed by atoms with Gasteiger partial charge in [0.15, 0.2) is 0 Å². The summed E-state index contributed by atoms with van der Waals surface area (Å²) in [5.41, 5.74) is 2.43. The molecule has 0 fully saturated rings. The molecule has 3 N–H and O–H groups in total. The van der Waals surface area contributed by atoms with Gasteiger partial charge in [0.2, 0.25) is 5.76 Å². The van der Waals surface area contributed by atoms with Crippen molar-refractivity contribution in [2.24, 2.45) is 0 Å². The maximum atomic E-state index is 8.96. The highest BCUT2D eigenvalue weighted by atomic mass is 16.5. The van der Waals surface area contributed by atoms with Crippen molar-refractivity contribution in [3.05, 3.63) is 24.0 Å². The van der Waals surface area contributed by atoms with Gasteiger partial charge in [0, 0.05) is 18.7 Å². The Labute approximate surface area is 98.4 Å². The topological polar surface area (TPSA) is 91.4 Å². The molecule has 2 rings (SSSR count). The molecule has 0 atom stereocenters. The number of aromatic nitrogens is 2. The Morgan fingerprint density at radius 1 is 1.35 bits per heavy atom. The zero-order chi connectivity index (χ0) is 12.4. The molecule has 0 aliphatic rings. The monoisotopic (exact) mass is 233 g/mol. The molecule has 0 unspecified atom stereocenters. The van der Waals surface area contributed by atoms with Crippen LogP contribution in [0.1, 0.15) is 5.69 Å². The summed E-state index contributed by atoms with van der Waals surface area (Å²) < 4.78 is 5.17. The molecule has 2 aromatic rings. The van der Waals surface area contributed by atoms with Gasteiger partial charge in [-0.1, -0.05) is 11.2 Å². The molecule has 0 amide bonds. The lowest BCUT2D eigenvalue weighted by atomic mass is 9.81. The zero-order valence-electron chi connectivity index (χ0n) is 9.51. The SMILES string of the molecule is CNc1c(C)noc1-c1ccc(B(O)O)cn1. The third kappa shape index (κ3) is 2.15. The van der Waals surface area contributed by atoms with Crippen LogP contribution in [0.4, 0.5) is 5.69 Å². The van der Waals surface area contributed by atoms with Crippen molar-refractivity contribution >= 4 is 18.3 Å². The first-order chi connectivity index (χ1) is 8.13. The molecular formula is C10H12BN3O3. The van der Waals surface area contributed by atoms with E-state index in [9.17, 15) is 0 Å². The van der Waals surface area contributed by atoms with Gasteiger partial charge < -0.3 is 19.9 Å². The third-order valence-electron chi connectivity index (χ3n) is 2.43. The molecule has 2 heterocycles. The highest BCUT2D eigenvalue weighted by Gasteiger charge is 2.16. The molecule has 0 saturated carbocycles. The van der Waals surface area contributed by atoms with E-state index < -0.39 is 7.12 Å². The molecule has 0 aliphatic carbocycles. The van der Waals surface area contributed by atoms with E-state index in [0.29, 0.717) is 16.9 Å². The van der Waals surface area contributed by atoms with Crippen molar-refractivity contribution in [3.63, 3.8) is 0 Å². The van der Waals surface area contributed by atoms with E-state index in [4.69, 9.17) is 14.6 Å². The first kappa shape index (κ1) is 11.6. The summed E-state index contributed by atoms with van der Waals surface area (Å²) in [5.74, 6) is 0.531. The minimum absolute atomic E-state index is 0.330. The van der Waals surface area contributed by atoms with Crippen LogP contribution in [0.3, 0.4) is 0 Å². The lowest BCUT2D eigenvalue weighted by molar-refractivity contribution is 0.424. The van der Waals surface area contributed by atoms with Gasteiger partial charge in [0.25, 0.3) is 0 Å². The molecule has 6 nitrogen and oxygen atoms in total. The predicted octanol–water partition coefficient (Wildman–Crippen LogP) is -0.233. The molecule has 7 heteroatoms. The Kier molecular flexibility index (Phi) is 3.12. The number of hydrogen-bond acceptors (Lipinski definition) is 6. The van der Waals surface area contributed by atoms with E-state index in [-0.39, 0.29) is 0 Å². The second-order valence-electron chi connectivity index (χ2n) is 3.57. The minimum atomic E-state index is -1.52. The van der Waals surface area contributed by atoms with Gasteiger partial charge in [0.1, 0.15) is 17.1 Å². The number of rotatable bonds is 3. The molecule has 0 aromatic carbocycles. The molecule has 0 aliphatic heterocycles. The average molecular weight is 233 g/mol. The van der Waals surface area contributed by atoms with Crippen molar-refractivity contribution in [1.82, 2.24) is 10.1 Å². The third-order valence-corrected chi connectivity index (χ3v) is 2.43. The molecule has 0 saturated heterocycles. The van der Waals surface area contributed by atoms with Gasteiger partial charge in [-0.15, -0.1) is 0 Å². The Balaban J connectivity index is 2.39. The van der Waals surface area contributed by atoms with Crippen molar-refractivity contribution < 1.29 is 14.6 Å². The van der Waals surface area contributed by atoms with Gasteiger partial charge >= 0.3 is 7.12 Å². The Hall–Kier alpha value is -1.86. The molecule has 2 aromatic heterocycles. The van der Waals surface area contributed by atoms with E-state index in [0.717, 1.165) is 11.4 Å². The summed E-state index contributed by atoms with van der Waals surface area (Å²) in [5, 5.41) is 24.7. The largest absolute Gasteiger partial charge is 0.490 e. The average Bonchev–Trinajstić information content (AvgIpc) is 2.70. The van der Waals surface area contributed by atoms with Crippen molar-refractivity contribution in [3.8, 4) is 11.5 Å². The predicted molar refractivity (Wildman–Crippen MR) is 63.8 cm³/mol. The number of aryl methyl sites for hydroxylation is 1. The van der Waals surface area contributed by atoms with E-state index in [2.05, 4.69) is 15.5 Å². The minimum Gasteiger partial charge on any atom is -0.423 e. The Bertz CT molecular complexity index is 510. The van der Waals surface area contributed by atoms with Crippen LogP contribution in [0.25, 0.3) is 11.5 Å². The van der Waals surface area contributed by atoms with E-state index in [1.165, 1.54) is 6.20 Å². The van der Waals surface area contributed by atoms with Crippen molar-refractivity contribution in [2.75, 3.05) is 12.4 Å². The smallest absolute Gasteiger partial charge is 0.423 e. The number of nitrogens with zero attached hydrogens (tertiary/aromatic N) is 2. The van der Waals surface area contributed by atoms with E-state index >= 15 is 0 Å². The maximum Gasteiger partial charge on any atom is 0.490 e. The molecule has 0 radical (unpaired) electrons. The standard InChI is InChI=1S/C10H12BN3O3/c1-6-9(12-2)10(17-14-6)8-4-3-7(5-13-8)11(15)16/h3-5,12,15-16H,1-2H3. The normalized spacial score (nSPS) is 10.4. The highest BCUT2D eigenvalue weighted by Crippen LogP contribution is 2.28. The molecule has 0 spiro atoms. The van der Waals surface area contributed by atoms with Gasteiger partial charge in [-0.3, -0.25) is 4.98 Å². The van der Waals surface area contributed by atoms with Gasteiger partial charge in [0.05, 0.1) is 0 Å². The van der Waals surface area contributed by atoms with E-state index in [1.54, 1.807) is 19.2 Å². The number of anilines is 1. The highest BCUT2D eigenvalue weighted by molar-refractivity contribution is 6.58. The molecule has 88 valence electrons.